The van der Waals surface area contributed by atoms with Crippen LogP contribution in [0.15, 0.2) is 24.3 Å². The van der Waals surface area contributed by atoms with Crippen molar-refractivity contribution in [3.63, 3.8) is 0 Å². The molecular formula is C16H21ClN4O2. The molecule has 6 nitrogen and oxygen atoms in total. The zero-order valence-corrected chi connectivity index (χ0v) is 13.6. The van der Waals surface area contributed by atoms with Gasteiger partial charge in [-0.3, -0.25) is 4.79 Å². The van der Waals surface area contributed by atoms with E-state index in [-0.39, 0.29) is 17.9 Å². The molecule has 2 aliphatic heterocycles. The maximum absolute atomic E-state index is 12.6. The van der Waals surface area contributed by atoms with Gasteiger partial charge in [-0.15, -0.1) is 0 Å². The predicted octanol–water partition coefficient (Wildman–Crippen LogP) is 1.08. The number of ether oxygens (including phenoxy) is 1. The fraction of sp³-hybridized carbons (Fsp3) is 0.562. The SMILES string of the molecule is O=C(C1CCC2NNNC2C1)N1CC(Oc2ccccc2Cl)C1. The molecular weight excluding hydrogens is 316 g/mol. The van der Waals surface area contributed by atoms with E-state index in [9.17, 15) is 4.79 Å². The lowest BCUT2D eigenvalue weighted by atomic mass is 9.82. The molecule has 3 unspecified atom stereocenters. The zero-order valence-electron chi connectivity index (χ0n) is 12.8. The summed E-state index contributed by atoms with van der Waals surface area (Å²) in [5.41, 5.74) is 9.35. The molecule has 7 heteroatoms. The first-order valence-corrected chi connectivity index (χ1v) is 8.54. The van der Waals surface area contributed by atoms with Gasteiger partial charge in [0.25, 0.3) is 0 Å². The Balaban J connectivity index is 1.28. The van der Waals surface area contributed by atoms with Crippen LogP contribution >= 0.6 is 11.6 Å². The van der Waals surface area contributed by atoms with Crippen LogP contribution in [-0.2, 0) is 4.79 Å². The molecule has 4 rings (SSSR count). The van der Waals surface area contributed by atoms with Gasteiger partial charge >= 0.3 is 0 Å². The lowest BCUT2D eigenvalue weighted by Crippen LogP contribution is -2.58. The fourth-order valence-electron chi connectivity index (χ4n) is 3.62. The Morgan fingerprint density at radius 2 is 1.96 bits per heavy atom. The summed E-state index contributed by atoms with van der Waals surface area (Å²) in [4.78, 5) is 14.5. The maximum Gasteiger partial charge on any atom is 0.226 e. The van der Waals surface area contributed by atoms with Crippen molar-refractivity contribution in [2.24, 2.45) is 5.92 Å². The lowest BCUT2D eigenvalue weighted by molar-refractivity contribution is -0.145. The molecule has 124 valence electrons. The number of carbonyl (C=O) groups excluding carboxylic acids is 1. The van der Waals surface area contributed by atoms with E-state index in [4.69, 9.17) is 16.3 Å². The number of benzene rings is 1. The van der Waals surface area contributed by atoms with Crippen molar-refractivity contribution < 1.29 is 9.53 Å². The molecule has 2 heterocycles. The van der Waals surface area contributed by atoms with Gasteiger partial charge in [0.1, 0.15) is 11.9 Å². The second kappa shape index (κ2) is 6.28. The number of carbonyl (C=O) groups is 1. The number of hydrogen-bond donors (Lipinski definition) is 3. The predicted molar refractivity (Wildman–Crippen MR) is 86.8 cm³/mol. The van der Waals surface area contributed by atoms with Gasteiger partial charge in [-0.1, -0.05) is 23.7 Å². The van der Waals surface area contributed by atoms with Gasteiger partial charge in [0.2, 0.25) is 5.91 Å². The number of fused-ring (bicyclic) bond motifs is 1. The standard InChI is InChI=1S/C16H21ClN4O2/c17-12-3-1-2-4-15(12)23-11-8-21(9-11)16(22)10-5-6-13-14(7-10)19-20-18-13/h1-4,10-11,13-14,18-20H,5-9H2. The average molecular weight is 337 g/mol. The zero-order chi connectivity index (χ0) is 15.8. The average Bonchev–Trinajstić information content (AvgIpc) is 2.99. The Morgan fingerprint density at radius 1 is 1.17 bits per heavy atom. The molecule has 1 saturated carbocycles. The minimum Gasteiger partial charge on any atom is -0.485 e. The Labute approximate surface area is 140 Å². The molecule has 0 aromatic heterocycles. The van der Waals surface area contributed by atoms with E-state index in [1.165, 1.54) is 0 Å². The highest BCUT2D eigenvalue weighted by molar-refractivity contribution is 6.32. The van der Waals surface area contributed by atoms with E-state index >= 15 is 0 Å². The van der Waals surface area contributed by atoms with Crippen molar-refractivity contribution in [2.75, 3.05) is 13.1 Å². The number of nitrogens with one attached hydrogen (secondary N) is 3. The van der Waals surface area contributed by atoms with Gasteiger partial charge in [0.05, 0.1) is 18.1 Å². The van der Waals surface area contributed by atoms with Crippen LogP contribution in [0.25, 0.3) is 0 Å². The van der Waals surface area contributed by atoms with Crippen LogP contribution in [0, 0.1) is 5.92 Å². The summed E-state index contributed by atoms with van der Waals surface area (Å²) < 4.78 is 5.86. The number of hydrazine groups is 2. The molecule has 0 spiro atoms. The molecule has 0 radical (unpaired) electrons. The van der Waals surface area contributed by atoms with Crippen LogP contribution in [0.5, 0.6) is 5.75 Å². The van der Waals surface area contributed by atoms with Gasteiger partial charge in [0, 0.05) is 18.0 Å². The molecule has 1 amide bonds. The summed E-state index contributed by atoms with van der Waals surface area (Å²) in [5, 5.41) is 0.614. The summed E-state index contributed by atoms with van der Waals surface area (Å²) in [6, 6.07) is 8.23. The molecule has 0 bridgehead atoms. The van der Waals surface area contributed by atoms with Crippen molar-refractivity contribution in [1.82, 2.24) is 21.3 Å². The topological polar surface area (TPSA) is 65.6 Å². The summed E-state index contributed by atoms with van der Waals surface area (Å²) >= 11 is 6.10. The molecule has 3 fully saturated rings. The smallest absolute Gasteiger partial charge is 0.226 e. The van der Waals surface area contributed by atoms with Crippen LogP contribution in [0.1, 0.15) is 19.3 Å². The number of nitrogens with zero attached hydrogens (tertiary/aromatic N) is 1. The lowest BCUT2D eigenvalue weighted by Gasteiger charge is -2.42. The molecule has 1 aliphatic carbocycles. The largest absolute Gasteiger partial charge is 0.485 e. The highest BCUT2D eigenvalue weighted by Gasteiger charge is 2.41. The van der Waals surface area contributed by atoms with Crippen LogP contribution < -0.4 is 21.1 Å². The Bertz CT molecular complexity index is 593. The second-order valence-corrected chi connectivity index (χ2v) is 6.96. The van der Waals surface area contributed by atoms with E-state index in [0.717, 1.165) is 19.3 Å². The number of rotatable bonds is 3. The van der Waals surface area contributed by atoms with Gasteiger partial charge < -0.3 is 9.64 Å². The van der Waals surface area contributed by atoms with E-state index < -0.39 is 0 Å². The normalized spacial score (nSPS) is 30.7. The molecule has 1 aromatic rings. The molecule has 2 saturated heterocycles. The minimum atomic E-state index is 0.0446. The number of hydrogen-bond acceptors (Lipinski definition) is 5. The van der Waals surface area contributed by atoms with Crippen molar-refractivity contribution >= 4 is 17.5 Å². The van der Waals surface area contributed by atoms with Gasteiger partial charge in [-0.25, -0.2) is 10.9 Å². The van der Waals surface area contributed by atoms with Crippen LogP contribution in [-0.4, -0.2) is 42.1 Å². The summed E-state index contributed by atoms with van der Waals surface area (Å²) in [7, 11) is 0. The molecule has 3 N–H and O–H groups in total. The summed E-state index contributed by atoms with van der Waals surface area (Å²) in [6.07, 6.45) is 2.90. The van der Waals surface area contributed by atoms with E-state index in [2.05, 4.69) is 16.4 Å². The Morgan fingerprint density at radius 3 is 2.78 bits per heavy atom. The quantitative estimate of drug-likeness (QED) is 0.771. The number of likely N-dealkylation sites (tertiary alicyclic amines) is 1. The number of halogens is 1. The van der Waals surface area contributed by atoms with Gasteiger partial charge in [-0.05, 0) is 31.4 Å². The minimum absolute atomic E-state index is 0.0446. The van der Waals surface area contributed by atoms with Crippen molar-refractivity contribution in [2.45, 2.75) is 37.5 Å². The third-order valence-corrected chi connectivity index (χ3v) is 5.32. The van der Waals surface area contributed by atoms with Crippen LogP contribution in [0.3, 0.4) is 0 Å². The van der Waals surface area contributed by atoms with Crippen molar-refractivity contribution in [1.29, 1.82) is 0 Å². The third kappa shape index (κ3) is 3.04. The molecule has 1 aromatic carbocycles. The monoisotopic (exact) mass is 336 g/mol. The van der Waals surface area contributed by atoms with Crippen LogP contribution in [0.4, 0.5) is 0 Å². The Hall–Kier alpha value is -1.34. The third-order valence-electron chi connectivity index (χ3n) is 5.00. The molecule has 23 heavy (non-hydrogen) atoms. The molecule has 3 atom stereocenters. The first-order chi connectivity index (χ1) is 11.2. The maximum atomic E-state index is 12.6. The van der Waals surface area contributed by atoms with Crippen molar-refractivity contribution in [3.8, 4) is 5.75 Å². The van der Waals surface area contributed by atoms with Crippen LogP contribution in [0.2, 0.25) is 5.02 Å². The highest BCUT2D eigenvalue weighted by Crippen LogP contribution is 2.30. The summed E-state index contributed by atoms with van der Waals surface area (Å²) in [6.45, 7) is 1.30. The first kappa shape index (κ1) is 15.2. The fourth-order valence-corrected chi connectivity index (χ4v) is 3.81. The van der Waals surface area contributed by atoms with Crippen molar-refractivity contribution in [3.05, 3.63) is 29.3 Å². The number of para-hydroxylation sites is 1. The number of amides is 1. The Kier molecular flexibility index (Phi) is 4.15. The van der Waals surface area contributed by atoms with Gasteiger partial charge in [-0.2, -0.15) is 5.53 Å². The van der Waals surface area contributed by atoms with E-state index in [1.54, 1.807) is 0 Å². The molecule has 3 aliphatic rings. The second-order valence-electron chi connectivity index (χ2n) is 6.55. The van der Waals surface area contributed by atoms with E-state index in [0.29, 0.717) is 35.9 Å². The first-order valence-electron chi connectivity index (χ1n) is 8.17. The van der Waals surface area contributed by atoms with Gasteiger partial charge in [0.15, 0.2) is 0 Å². The van der Waals surface area contributed by atoms with E-state index in [1.807, 2.05) is 29.2 Å². The highest BCUT2D eigenvalue weighted by atomic mass is 35.5. The summed E-state index contributed by atoms with van der Waals surface area (Å²) in [5.74, 6) is 1.07.